The quantitative estimate of drug-likeness (QED) is 0.890. The molecule has 1 amide bonds. The molecule has 3 rings (SSSR count). The van der Waals surface area contributed by atoms with Crippen molar-refractivity contribution in [2.45, 2.75) is 26.7 Å². The summed E-state index contributed by atoms with van der Waals surface area (Å²) in [6.07, 6.45) is 2.27. The van der Waals surface area contributed by atoms with Crippen LogP contribution >= 0.6 is 11.6 Å². The number of rotatable bonds is 4. The van der Waals surface area contributed by atoms with Gasteiger partial charge in [-0.15, -0.1) is 0 Å². The molecule has 1 fully saturated rings. The maximum Gasteiger partial charge on any atom is 0.271 e. The summed E-state index contributed by atoms with van der Waals surface area (Å²) in [5, 5.41) is 11.0. The lowest BCUT2D eigenvalue weighted by Gasteiger charge is -2.22. The minimum Gasteiger partial charge on any atom is -0.350 e. The molecule has 0 radical (unpaired) electrons. The van der Waals surface area contributed by atoms with Crippen molar-refractivity contribution < 1.29 is 4.79 Å². The van der Waals surface area contributed by atoms with Crippen LogP contribution in [0.25, 0.3) is 5.82 Å². The second-order valence-corrected chi connectivity index (χ2v) is 6.67. The van der Waals surface area contributed by atoms with Crippen molar-refractivity contribution in [2.75, 3.05) is 19.6 Å². The number of carbonyl (C=O) groups is 1. The summed E-state index contributed by atoms with van der Waals surface area (Å²) in [6, 6.07) is 5.42. The monoisotopic (exact) mass is 347 g/mol. The van der Waals surface area contributed by atoms with Crippen molar-refractivity contribution in [3.05, 3.63) is 40.3 Å². The molecule has 1 saturated heterocycles. The number of nitrogens with one attached hydrogen (secondary N) is 2. The van der Waals surface area contributed by atoms with E-state index in [1.807, 2.05) is 19.9 Å². The van der Waals surface area contributed by atoms with E-state index in [1.54, 1.807) is 16.8 Å². The lowest BCUT2D eigenvalue weighted by atomic mass is 10.00. The molecular weight excluding hydrogens is 326 g/mol. The van der Waals surface area contributed by atoms with Gasteiger partial charge in [0.05, 0.1) is 10.7 Å². The second kappa shape index (κ2) is 7.32. The van der Waals surface area contributed by atoms with Crippen LogP contribution in [0.1, 0.15) is 34.7 Å². The van der Waals surface area contributed by atoms with Gasteiger partial charge in [0.15, 0.2) is 5.82 Å². The Balaban J connectivity index is 1.75. The Morgan fingerprint density at radius 1 is 1.46 bits per heavy atom. The van der Waals surface area contributed by atoms with Gasteiger partial charge in [-0.25, -0.2) is 9.67 Å². The predicted octanol–water partition coefficient (Wildman–Crippen LogP) is 2.27. The zero-order valence-electron chi connectivity index (χ0n) is 14.0. The average Bonchev–Trinajstić information content (AvgIpc) is 2.92. The van der Waals surface area contributed by atoms with E-state index < -0.39 is 0 Å². The minimum absolute atomic E-state index is 0.241. The van der Waals surface area contributed by atoms with E-state index in [1.165, 1.54) is 0 Å². The highest BCUT2D eigenvalue weighted by Gasteiger charge is 2.18. The number of hydrogen-bond acceptors (Lipinski definition) is 4. The molecule has 128 valence electrons. The zero-order chi connectivity index (χ0) is 17.1. The SMILES string of the molecule is Cc1cc(C)n(-c2ccc(Cl)c(C(=O)NCC3CCCNC3)n2)n1. The molecule has 2 aromatic heterocycles. The van der Waals surface area contributed by atoms with E-state index in [9.17, 15) is 4.79 Å². The van der Waals surface area contributed by atoms with Gasteiger partial charge in [-0.05, 0) is 63.9 Å². The summed E-state index contributed by atoms with van der Waals surface area (Å²) >= 11 is 6.18. The zero-order valence-corrected chi connectivity index (χ0v) is 14.7. The molecule has 0 aliphatic carbocycles. The maximum atomic E-state index is 12.5. The first-order valence-electron chi connectivity index (χ1n) is 8.23. The fourth-order valence-electron chi connectivity index (χ4n) is 2.99. The van der Waals surface area contributed by atoms with Gasteiger partial charge in [-0.1, -0.05) is 11.6 Å². The van der Waals surface area contributed by atoms with Crippen molar-refractivity contribution in [1.29, 1.82) is 0 Å². The number of halogens is 1. The Morgan fingerprint density at radius 2 is 2.29 bits per heavy atom. The normalized spacial score (nSPS) is 17.7. The third kappa shape index (κ3) is 3.76. The van der Waals surface area contributed by atoms with Gasteiger partial charge < -0.3 is 10.6 Å². The summed E-state index contributed by atoms with van der Waals surface area (Å²) < 4.78 is 1.72. The number of carbonyl (C=O) groups excluding carboxylic acids is 1. The first-order valence-corrected chi connectivity index (χ1v) is 8.61. The average molecular weight is 348 g/mol. The van der Waals surface area contributed by atoms with E-state index in [-0.39, 0.29) is 11.6 Å². The number of amides is 1. The largest absolute Gasteiger partial charge is 0.350 e. The van der Waals surface area contributed by atoms with Gasteiger partial charge in [0, 0.05) is 12.2 Å². The Hall–Kier alpha value is -1.92. The van der Waals surface area contributed by atoms with Crippen molar-refractivity contribution in [3.8, 4) is 5.82 Å². The van der Waals surface area contributed by atoms with Crippen molar-refractivity contribution in [3.63, 3.8) is 0 Å². The molecule has 1 unspecified atom stereocenters. The van der Waals surface area contributed by atoms with Gasteiger partial charge >= 0.3 is 0 Å². The molecule has 3 heterocycles. The summed E-state index contributed by atoms with van der Waals surface area (Å²) in [7, 11) is 0. The third-order valence-corrected chi connectivity index (χ3v) is 4.53. The van der Waals surface area contributed by atoms with Crippen LogP contribution in [0.15, 0.2) is 18.2 Å². The molecule has 0 aromatic carbocycles. The van der Waals surface area contributed by atoms with Crippen LogP contribution in [0.5, 0.6) is 0 Å². The molecule has 6 nitrogen and oxygen atoms in total. The minimum atomic E-state index is -0.242. The first-order chi connectivity index (χ1) is 11.5. The van der Waals surface area contributed by atoms with Gasteiger partial charge in [0.2, 0.25) is 0 Å². The number of pyridine rings is 1. The Kier molecular flexibility index (Phi) is 5.16. The molecule has 7 heteroatoms. The van der Waals surface area contributed by atoms with Crippen molar-refractivity contribution in [2.24, 2.45) is 5.92 Å². The van der Waals surface area contributed by atoms with Gasteiger partial charge in [0.25, 0.3) is 5.91 Å². The van der Waals surface area contributed by atoms with E-state index in [4.69, 9.17) is 11.6 Å². The summed E-state index contributed by atoms with van der Waals surface area (Å²) in [6.45, 7) is 6.50. The lowest BCUT2D eigenvalue weighted by Crippen LogP contribution is -2.38. The van der Waals surface area contributed by atoms with E-state index in [0.717, 1.165) is 37.3 Å². The van der Waals surface area contributed by atoms with Crippen molar-refractivity contribution >= 4 is 17.5 Å². The van der Waals surface area contributed by atoms with Crippen LogP contribution in [0.4, 0.5) is 0 Å². The molecule has 0 bridgehead atoms. The van der Waals surface area contributed by atoms with Gasteiger partial charge in [-0.2, -0.15) is 5.10 Å². The smallest absolute Gasteiger partial charge is 0.271 e. The van der Waals surface area contributed by atoms with Crippen LogP contribution in [-0.2, 0) is 0 Å². The Morgan fingerprint density at radius 3 is 2.96 bits per heavy atom. The van der Waals surface area contributed by atoms with Gasteiger partial charge in [0.1, 0.15) is 5.69 Å². The molecule has 2 aromatic rings. The summed E-state index contributed by atoms with van der Waals surface area (Å²) in [4.78, 5) is 16.9. The highest BCUT2D eigenvalue weighted by Crippen LogP contribution is 2.18. The highest BCUT2D eigenvalue weighted by molar-refractivity contribution is 6.33. The number of piperidine rings is 1. The molecule has 24 heavy (non-hydrogen) atoms. The molecule has 1 aliphatic heterocycles. The summed E-state index contributed by atoms with van der Waals surface area (Å²) in [5.74, 6) is 0.809. The number of aryl methyl sites for hydroxylation is 2. The van der Waals surface area contributed by atoms with Crippen LogP contribution in [0.2, 0.25) is 5.02 Å². The fourth-order valence-corrected chi connectivity index (χ4v) is 3.18. The Labute approximate surface area is 146 Å². The van der Waals surface area contributed by atoms with Crippen LogP contribution < -0.4 is 10.6 Å². The van der Waals surface area contributed by atoms with Crippen LogP contribution in [0, 0.1) is 19.8 Å². The van der Waals surface area contributed by atoms with E-state index in [2.05, 4.69) is 20.7 Å². The van der Waals surface area contributed by atoms with Gasteiger partial charge in [-0.3, -0.25) is 4.79 Å². The van der Waals surface area contributed by atoms with Crippen LogP contribution in [0.3, 0.4) is 0 Å². The summed E-state index contributed by atoms with van der Waals surface area (Å²) in [5.41, 5.74) is 2.10. The number of hydrogen-bond donors (Lipinski definition) is 2. The molecule has 1 aliphatic rings. The molecule has 2 N–H and O–H groups in total. The maximum absolute atomic E-state index is 12.5. The fraction of sp³-hybridized carbons (Fsp3) is 0.471. The topological polar surface area (TPSA) is 71.8 Å². The van der Waals surface area contributed by atoms with E-state index in [0.29, 0.717) is 23.3 Å². The standard InChI is InChI=1S/C17H22ClN5O/c1-11-8-12(2)23(22-11)15-6-5-14(18)16(21-15)17(24)20-10-13-4-3-7-19-9-13/h5-6,8,13,19H,3-4,7,9-10H2,1-2H3,(H,20,24). The molecule has 0 saturated carbocycles. The van der Waals surface area contributed by atoms with E-state index >= 15 is 0 Å². The third-order valence-electron chi connectivity index (χ3n) is 4.22. The Bertz CT molecular complexity index is 737. The number of nitrogens with zero attached hydrogens (tertiary/aromatic N) is 3. The molecular formula is C17H22ClN5O. The van der Waals surface area contributed by atoms with Crippen LogP contribution in [-0.4, -0.2) is 40.3 Å². The number of aromatic nitrogens is 3. The second-order valence-electron chi connectivity index (χ2n) is 6.26. The molecule has 1 atom stereocenters. The van der Waals surface area contributed by atoms with Crippen molar-refractivity contribution in [1.82, 2.24) is 25.4 Å². The molecule has 0 spiro atoms. The predicted molar refractivity (Wildman–Crippen MR) is 93.8 cm³/mol. The highest BCUT2D eigenvalue weighted by atomic mass is 35.5. The lowest BCUT2D eigenvalue weighted by molar-refractivity contribution is 0.0940. The first kappa shape index (κ1) is 16.9.